The summed E-state index contributed by atoms with van der Waals surface area (Å²) in [4.78, 5) is 23.9. The Morgan fingerprint density at radius 2 is 1.67 bits per heavy atom. The van der Waals surface area contributed by atoms with E-state index < -0.39 is 11.4 Å². The molecular weight excluding hydrogens is 266 g/mol. The number of aliphatic carboxylic acids is 1. The number of carbonyl (C=O) groups excluding carboxylic acids is 1. The molecule has 2 rings (SSSR count). The Kier molecular flexibility index (Phi) is 5.65. The zero-order valence-electron chi connectivity index (χ0n) is 13.2. The quantitative estimate of drug-likeness (QED) is 0.816. The summed E-state index contributed by atoms with van der Waals surface area (Å²) in [6.45, 7) is 2.07. The minimum atomic E-state index is -0.811. The molecule has 0 aliphatic heterocycles. The van der Waals surface area contributed by atoms with Gasteiger partial charge in [-0.2, -0.15) is 0 Å². The lowest BCUT2D eigenvalue weighted by molar-refractivity contribution is -0.154. The number of carboxylic acids is 1. The number of nitrogens with one attached hydrogen (secondary N) is 1. The van der Waals surface area contributed by atoms with Gasteiger partial charge in [-0.25, -0.2) is 0 Å². The Bertz CT molecular complexity index is 368. The van der Waals surface area contributed by atoms with Crippen molar-refractivity contribution in [3.8, 4) is 0 Å². The average molecular weight is 295 g/mol. The summed E-state index contributed by atoms with van der Waals surface area (Å²) in [5.41, 5.74) is -0.811. The van der Waals surface area contributed by atoms with Crippen molar-refractivity contribution in [3.63, 3.8) is 0 Å². The topological polar surface area (TPSA) is 66.4 Å². The van der Waals surface area contributed by atoms with Crippen molar-refractivity contribution in [2.45, 2.75) is 83.6 Å². The molecule has 0 heterocycles. The normalized spacial score (nSPS) is 24.2. The standard InChI is InChI=1S/C17H29NO3/c1-13(14-8-4-2-5-9-14)18-15(19)12-17(16(20)21)10-6-3-7-11-17/h13-14H,2-12H2,1H3,(H,18,19)(H,20,21)/t13-/m0/s1. The van der Waals surface area contributed by atoms with Gasteiger partial charge in [0.15, 0.2) is 0 Å². The summed E-state index contributed by atoms with van der Waals surface area (Å²) >= 11 is 0. The number of rotatable bonds is 5. The molecule has 2 fully saturated rings. The van der Waals surface area contributed by atoms with Crippen molar-refractivity contribution in [3.05, 3.63) is 0 Å². The highest BCUT2D eigenvalue weighted by molar-refractivity contribution is 5.85. The fourth-order valence-electron chi connectivity index (χ4n) is 4.06. The minimum Gasteiger partial charge on any atom is -0.481 e. The molecule has 0 aromatic rings. The second kappa shape index (κ2) is 7.28. The predicted octanol–water partition coefficient (Wildman–Crippen LogP) is 3.50. The lowest BCUT2D eigenvalue weighted by Crippen LogP contribution is -2.44. The van der Waals surface area contributed by atoms with Gasteiger partial charge in [-0.15, -0.1) is 0 Å². The first-order chi connectivity index (χ1) is 10.0. The van der Waals surface area contributed by atoms with Crippen LogP contribution in [0.4, 0.5) is 0 Å². The van der Waals surface area contributed by atoms with Crippen LogP contribution in [0.25, 0.3) is 0 Å². The molecule has 21 heavy (non-hydrogen) atoms. The maximum atomic E-state index is 12.3. The molecule has 0 radical (unpaired) electrons. The fraction of sp³-hybridized carbons (Fsp3) is 0.882. The van der Waals surface area contributed by atoms with Gasteiger partial charge in [0.05, 0.1) is 5.41 Å². The average Bonchev–Trinajstić information content (AvgIpc) is 2.48. The van der Waals surface area contributed by atoms with E-state index in [0.717, 1.165) is 19.3 Å². The molecule has 0 spiro atoms. The molecule has 0 bridgehead atoms. The smallest absolute Gasteiger partial charge is 0.310 e. The predicted molar refractivity (Wildman–Crippen MR) is 82.0 cm³/mol. The van der Waals surface area contributed by atoms with Gasteiger partial charge in [-0.1, -0.05) is 38.5 Å². The van der Waals surface area contributed by atoms with E-state index in [9.17, 15) is 14.7 Å². The van der Waals surface area contributed by atoms with E-state index in [0.29, 0.717) is 18.8 Å². The van der Waals surface area contributed by atoms with E-state index in [1.54, 1.807) is 0 Å². The highest BCUT2D eigenvalue weighted by Crippen LogP contribution is 2.39. The molecule has 120 valence electrons. The van der Waals surface area contributed by atoms with E-state index in [4.69, 9.17) is 0 Å². The monoisotopic (exact) mass is 295 g/mol. The molecule has 0 aromatic carbocycles. The van der Waals surface area contributed by atoms with Gasteiger partial charge in [0.1, 0.15) is 0 Å². The molecule has 0 aromatic heterocycles. The highest BCUT2D eigenvalue weighted by atomic mass is 16.4. The van der Waals surface area contributed by atoms with Crippen LogP contribution in [0.3, 0.4) is 0 Å². The summed E-state index contributed by atoms with van der Waals surface area (Å²) in [5.74, 6) is -0.296. The summed E-state index contributed by atoms with van der Waals surface area (Å²) in [6, 6.07) is 0.173. The summed E-state index contributed by atoms with van der Waals surface area (Å²) in [5, 5.41) is 12.6. The van der Waals surface area contributed by atoms with Crippen molar-refractivity contribution in [1.29, 1.82) is 0 Å². The number of hydrogen-bond acceptors (Lipinski definition) is 2. The van der Waals surface area contributed by atoms with Crippen LogP contribution < -0.4 is 5.32 Å². The number of hydrogen-bond donors (Lipinski definition) is 2. The van der Waals surface area contributed by atoms with Gasteiger partial charge in [0.25, 0.3) is 0 Å². The van der Waals surface area contributed by atoms with Crippen LogP contribution in [0.1, 0.15) is 77.6 Å². The Hall–Kier alpha value is -1.06. The molecule has 2 saturated carbocycles. The van der Waals surface area contributed by atoms with Crippen LogP contribution in [0.2, 0.25) is 0 Å². The Labute approximate surface area is 127 Å². The van der Waals surface area contributed by atoms with E-state index in [-0.39, 0.29) is 18.4 Å². The SMILES string of the molecule is C[C@H](NC(=O)CC1(C(=O)O)CCCCC1)C1CCCCC1. The van der Waals surface area contributed by atoms with Crippen LogP contribution in [0.15, 0.2) is 0 Å². The highest BCUT2D eigenvalue weighted by Gasteiger charge is 2.41. The van der Waals surface area contributed by atoms with Gasteiger partial charge in [0, 0.05) is 12.5 Å². The van der Waals surface area contributed by atoms with Crippen LogP contribution in [0, 0.1) is 11.3 Å². The molecule has 0 saturated heterocycles. The third-order valence-electron chi connectivity index (χ3n) is 5.51. The van der Waals surface area contributed by atoms with Gasteiger partial charge in [-0.3, -0.25) is 9.59 Å². The second-order valence-electron chi connectivity index (χ2n) is 7.08. The molecule has 0 unspecified atom stereocenters. The molecule has 2 aliphatic carbocycles. The molecule has 2 N–H and O–H groups in total. The van der Waals surface area contributed by atoms with Crippen molar-refractivity contribution >= 4 is 11.9 Å². The fourth-order valence-corrected chi connectivity index (χ4v) is 4.06. The van der Waals surface area contributed by atoms with Crippen molar-refractivity contribution < 1.29 is 14.7 Å². The third-order valence-corrected chi connectivity index (χ3v) is 5.51. The lowest BCUT2D eigenvalue weighted by atomic mass is 9.71. The largest absolute Gasteiger partial charge is 0.481 e. The van der Waals surface area contributed by atoms with Crippen LogP contribution in [-0.2, 0) is 9.59 Å². The molecule has 1 amide bonds. The van der Waals surface area contributed by atoms with Crippen molar-refractivity contribution in [2.75, 3.05) is 0 Å². The molecule has 2 aliphatic rings. The zero-order valence-corrected chi connectivity index (χ0v) is 13.2. The molecular formula is C17H29NO3. The van der Waals surface area contributed by atoms with Crippen molar-refractivity contribution in [1.82, 2.24) is 5.32 Å². The van der Waals surface area contributed by atoms with E-state index in [1.807, 2.05) is 0 Å². The molecule has 4 nitrogen and oxygen atoms in total. The molecule has 1 atom stereocenters. The van der Waals surface area contributed by atoms with Crippen LogP contribution >= 0.6 is 0 Å². The van der Waals surface area contributed by atoms with Gasteiger partial charge >= 0.3 is 5.97 Å². The second-order valence-corrected chi connectivity index (χ2v) is 7.08. The summed E-state index contributed by atoms with van der Waals surface area (Å²) in [7, 11) is 0. The van der Waals surface area contributed by atoms with Crippen LogP contribution in [0.5, 0.6) is 0 Å². The summed E-state index contributed by atoms with van der Waals surface area (Å²) in [6.07, 6.45) is 10.6. The molecule has 4 heteroatoms. The Morgan fingerprint density at radius 1 is 1.10 bits per heavy atom. The number of carboxylic acid groups (broad SMARTS) is 1. The van der Waals surface area contributed by atoms with E-state index in [1.165, 1.54) is 32.1 Å². The maximum absolute atomic E-state index is 12.3. The Balaban J connectivity index is 1.88. The van der Waals surface area contributed by atoms with Gasteiger partial charge in [0.2, 0.25) is 5.91 Å². The minimum absolute atomic E-state index is 0.0719. The van der Waals surface area contributed by atoms with Gasteiger partial charge in [-0.05, 0) is 38.5 Å². The number of amides is 1. The zero-order chi connectivity index (χ0) is 15.3. The first-order valence-corrected chi connectivity index (χ1v) is 8.56. The lowest BCUT2D eigenvalue weighted by Gasteiger charge is -2.34. The van der Waals surface area contributed by atoms with E-state index in [2.05, 4.69) is 12.2 Å². The Morgan fingerprint density at radius 3 is 2.24 bits per heavy atom. The third kappa shape index (κ3) is 4.21. The summed E-state index contributed by atoms with van der Waals surface area (Å²) < 4.78 is 0. The maximum Gasteiger partial charge on any atom is 0.310 e. The van der Waals surface area contributed by atoms with Crippen molar-refractivity contribution in [2.24, 2.45) is 11.3 Å². The first kappa shape index (κ1) is 16.3. The van der Waals surface area contributed by atoms with E-state index >= 15 is 0 Å². The number of carbonyl (C=O) groups is 2. The van der Waals surface area contributed by atoms with Crippen LogP contribution in [-0.4, -0.2) is 23.0 Å². The first-order valence-electron chi connectivity index (χ1n) is 8.56. The van der Waals surface area contributed by atoms with Gasteiger partial charge < -0.3 is 10.4 Å².